The van der Waals surface area contributed by atoms with Crippen LogP contribution in [0, 0.1) is 5.92 Å². The maximum absolute atomic E-state index is 12.1. The van der Waals surface area contributed by atoms with E-state index in [0.29, 0.717) is 18.4 Å². The molecule has 110 valence electrons. The Kier molecular flexibility index (Phi) is 4.01. The molecule has 5 heteroatoms. The van der Waals surface area contributed by atoms with E-state index in [2.05, 4.69) is 22.2 Å². The Bertz CT molecular complexity index is 609. The van der Waals surface area contributed by atoms with Gasteiger partial charge in [-0.25, -0.2) is 4.98 Å². The van der Waals surface area contributed by atoms with Crippen LogP contribution in [-0.4, -0.2) is 42.5 Å². The minimum atomic E-state index is -0.195. The van der Waals surface area contributed by atoms with E-state index < -0.39 is 0 Å². The van der Waals surface area contributed by atoms with Crippen molar-refractivity contribution in [2.24, 2.45) is 5.92 Å². The number of oxazole rings is 1. The van der Waals surface area contributed by atoms with Gasteiger partial charge in [-0.05, 0) is 38.1 Å². The Morgan fingerprint density at radius 2 is 2.24 bits per heavy atom. The highest BCUT2D eigenvalue weighted by atomic mass is 16.4. The number of benzene rings is 1. The average Bonchev–Trinajstić information content (AvgIpc) is 3.15. The zero-order valence-corrected chi connectivity index (χ0v) is 12.1. The van der Waals surface area contributed by atoms with Gasteiger partial charge in [0.1, 0.15) is 0 Å². The van der Waals surface area contributed by atoms with E-state index in [4.69, 9.17) is 4.42 Å². The van der Waals surface area contributed by atoms with E-state index in [1.165, 1.54) is 6.20 Å². The molecule has 0 radical (unpaired) electrons. The monoisotopic (exact) mass is 285 g/mol. The molecule has 0 spiro atoms. The first kappa shape index (κ1) is 13.8. The van der Waals surface area contributed by atoms with Crippen LogP contribution in [0.1, 0.15) is 17.0 Å². The van der Waals surface area contributed by atoms with Crippen molar-refractivity contribution in [2.45, 2.75) is 6.42 Å². The van der Waals surface area contributed by atoms with Crippen LogP contribution >= 0.6 is 0 Å². The molecule has 0 aliphatic carbocycles. The number of likely N-dealkylation sites (tertiary alicyclic amines) is 1. The molecule has 1 aliphatic rings. The quantitative estimate of drug-likeness (QED) is 0.933. The third-order valence-corrected chi connectivity index (χ3v) is 3.79. The lowest BCUT2D eigenvalue weighted by molar-refractivity contribution is 0.0920. The van der Waals surface area contributed by atoms with Gasteiger partial charge in [0.15, 0.2) is 0 Å². The molecule has 1 saturated heterocycles. The van der Waals surface area contributed by atoms with Gasteiger partial charge in [-0.2, -0.15) is 0 Å². The minimum absolute atomic E-state index is 0.195. The fourth-order valence-electron chi connectivity index (χ4n) is 2.61. The SMILES string of the molecule is CN1CCC(CNC(=O)c2cnc(-c3ccccc3)o2)C1. The predicted octanol–water partition coefficient (Wildman–Crippen LogP) is 2.02. The lowest BCUT2D eigenvalue weighted by Gasteiger charge is -2.10. The highest BCUT2D eigenvalue weighted by molar-refractivity contribution is 5.91. The van der Waals surface area contributed by atoms with Crippen molar-refractivity contribution in [2.75, 3.05) is 26.7 Å². The Morgan fingerprint density at radius 3 is 2.95 bits per heavy atom. The smallest absolute Gasteiger partial charge is 0.288 e. The maximum Gasteiger partial charge on any atom is 0.288 e. The molecule has 1 amide bonds. The predicted molar refractivity (Wildman–Crippen MR) is 79.9 cm³/mol. The Hall–Kier alpha value is -2.14. The summed E-state index contributed by atoms with van der Waals surface area (Å²) in [4.78, 5) is 18.5. The first-order chi connectivity index (χ1) is 10.2. The summed E-state index contributed by atoms with van der Waals surface area (Å²) >= 11 is 0. The first-order valence-electron chi connectivity index (χ1n) is 7.20. The average molecular weight is 285 g/mol. The van der Waals surface area contributed by atoms with Gasteiger partial charge in [-0.1, -0.05) is 18.2 Å². The second kappa shape index (κ2) is 6.10. The largest absolute Gasteiger partial charge is 0.431 e. The van der Waals surface area contributed by atoms with E-state index in [1.807, 2.05) is 30.3 Å². The summed E-state index contributed by atoms with van der Waals surface area (Å²) in [5, 5.41) is 2.93. The van der Waals surface area contributed by atoms with Crippen LogP contribution in [0.25, 0.3) is 11.5 Å². The van der Waals surface area contributed by atoms with Crippen LogP contribution in [0.5, 0.6) is 0 Å². The van der Waals surface area contributed by atoms with E-state index >= 15 is 0 Å². The third-order valence-electron chi connectivity index (χ3n) is 3.79. The molecule has 1 aromatic heterocycles. The number of nitrogens with zero attached hydrogens (tertiary/aromatic N) is 2. The van der Waals surface area contributed by atoms with Gasteiger partial charge in [-0.3, -0.25) is 4.79 Å². The van der Waals surface area contributed by atoms with Gasteiger partial charge in [-0.15, -0.1) is 0 Å². The standard InChI is InChI=1S/C16H19N3O2/c1-19-8-7-12(11-19)9-17-15(20)14-10-18-16(21-14)13-5-3-2-4-6-13/h2-6,10,12H,7-9,11H2,1H3,(H,17,20). The van der Waals surface area contributed by atoms with Gasteiger partial charge in [0, 0.05) is 18.7 Å². The van der Waals surface area contributed by atoms with Crippen molar-refractivity contribution >= 4 is 5.91 Å². The first-order valence-corrected chi connectivity index (χ1v) is 7.20. The zero-order valence-electron chi connectivity index (χ0n) is 12.1. The summed E-state index contributed by atoms with van der Waals surface area (Å²) in [5.41, 5.74) is 0.869. The molecule has 5 nitrogen and oxygen atoms in total. The number of aromatic nitrogens is 1. The second-order valence-electron chi connectivity index (χ2n) is 5.52. The molecule has 2 aromatic rings. The van der Waals surface area contributed by atoms with Crippen LogP contribution in [0.15, 0.2) is 40.9 Å². The summed E-state index contributed by atoms with van der Waals surface area (Å²) in [5.74, 6) is 1.07. The lowest BCUT2D eigenvalue weighted by Crippen LogP contribution is -2.30. The number of amides is 1. The Balaban J connectivity index is 1.59. The number of hydrogen-bond donors (Lipinski definition) is 1. The molecule has 1 N–H and O–H groups in total. The van der Waals surface area contributed by atoms with E-state index in [1.54, 1.807) is 0 Å². The van der Waals surface area contributed by atoms with Crippen LogP contribution in [0.2, 0.25) is 0 Å². The molecule has 1 atom stereocenters. The number of carbonyl (C=O) groups excluding carboxylic acids is 1. The van der Waals surface area contributed by atoms with E-state index in [-0.39, 0.29) is 11.7 Å². The molecule has 1 unspecified atom stereocenters. The maximum atomic E-state index is 12.1. The normalized spacial score (nSPS) is 18.8. The van der Waals surface area contributed by atoms with Crippen molar-refractivity contribution in [1.82, 2.24) is 15.2 Å². The number of rotatable bonds is 4. The highest BCUT2D eigenvalue weighted by Crippen LogP contribution is 2.18. The number of carbonyl (C=O) groups is 1. The van der Waals surface area contributed by atoms with Crippen molar-refractivity contribution < 1.29 is 9.21 Å². The Morgan fingerprint density at radius 1 is 1.43 bits per heavy atom. The molecular formula is C16H19N3O2. The van der Waals surface area contributed by atoms with Gasteiger partial charge in [0.05, 0.1) is 6.20 Å². The zero-order chi connectivity index (χ0) is 14.7. The number of hydrogen-bond acceptors (Lipinski definition) is 4. The summed E-state index contributed by atoms with van der Waals surface area (Å²) < 4.78 is 5.53. The second-order valence-corrected chi connectivity index (χ2v) is 5.52. The minimum Gasteiger partial charge on any atom is -0.431 e. The number of nitrogens with one attached hydrogen (secondary N) is 1. The summed E-state index contributed by atoms with van der Waals surface area (Å²) in [6.45, 7) is 2.82. The van der Waals surface area contributed by atoms with Crippen LogP contribution in [0.4, 0.5) is 0 Å². The fraction of sp³-hybridized carbons (Fsp3) is 0.375. The highest BCUT2D eigenvalue weighted by Gasteiger charge is 2.21. The van der Waals surface area contributed by atoms with Crippen molar-refractivity contribution in [3.8, 4) is 11.5 Å². The summed E-state index contributed by atoms with van der Waals surface area (Å²) in [7, 11) is 2.10. The fourth-order valence-corrected chi connectivity index (χ4v) is 2.61. The Labute approximate surface area is 124 Å². The van der Waals surface area contributed by atoms with Gasteiger partial charge < -0.3 is 14.6 Å². The van der Waals surface area contributed by atoms with Crippen LogP contribution in [0.3, 0.4) is 0 Å². The topological polar surface area (TPSA) is 58.4 Å². The molecule has 1 aliphatic heterocycles. The molecular weight excluding hydrogens is 266 g/mol. The van der Waals surface area contributed by atoms with Crippen LogP contribution in [-0.2, 0) is 0 Å². The lowest BCUT2D eigenvalue weighted by atomic mass is 10.1. The summed E-state index contributed by atoms with van der Waals surface area (Å²) in [6.07, 6.45) is 2.61. The molecule has 2 heterocycles. The van der Waals surface area contributed by atoms with E-state index in [0.717, 1.165) is 25.1 Å². The van der Waals surface area contributed by atoms with Gasteiger partial charge in [0.2, 0.25) is 11.7 Å². The molecule has 0 saturated carbocycles. The van der Waals surface area contributed by atoms with Crippen molar-refractivity contribution in [3.05, 3.63) is 42.3 Å². The molecule has 21 heavy (non-hydrogen) atoms. The molecule has 3 rings (SSSR count). The molecule has 1 fully saturated rings. The van der Waals surface area contributed by atoms with Gasteiger partial charge >= 0.3 is 0 Å². The molecule has 1 aromatic carbocycles. The van der Waals surface area contributed by atoms with Crippen LogP contribution < -0.4 is 5.32 Å². The molecule has 0 bridgehead atoms. The third kappa shape index (κ3) is 3.31. The van der Waals surface area contributed by atoms with Gasteiger partial charge in [0.25, 0.3) is 5.91 Å². The summed E-state index contributed by atoms with van der Waals surface area (Å²) in [6, 6.07) is 9.56. The van der Waals surface area contributed by atoms with Crippen molar-refractivity contribution in [1.29, 1.82) is 0 Å². The van der Waals surface area contributed by atoms with E-state index in [9.17, 15) is 4.79 Å². The van der Waals surface area contributed by atoms with Crippen molar-refractivity contribution in [3.63, 3.8) is 0 Å².